The lowest BCUT2D eigenvalue weighted by atomic mass is 9.97. The molecule has 0 radical (unpaired) electrons. The summed E-state index contributed by atoms with van der Waals surface area (Å²) in [6, 6.07) is 3.99. The smallest absolute Gasteiger partial charge is 0.270 e. The van der Waals surface area contributed by atoms with E-state index in [4.69, 9.17) is 4.98 Å². The summed E-state index contributed by atoms with van der Waals surface area (Å²) in [5.41, 5.74) is 2.64. The largest absolute Gasteiger partial charge is 0.391 e. The van der Waals surface area contributed by atoms with Gasteiger partial charge < -0.3 is 15.3 Å². The van der Waals surface area contributed by atoms with Gasteiger partial charge in [0.25, 0.3) is 5.91 Å². The van der Waals surface area contributed by atoms with E-state index in [2.05, 4.69) is 20.2 Å². The van der Waals surface area contributed by atoms with Crippen LogP contribution in [-0.2, 0) is 12.8 Å². The lowest BCUT2D eigenvalue weighted by Gasteiger charge is -2.25. The number of nitrogens with one attached hydrogen (secondary N) is 1. The Hall–Kier alpha value is -2.54. The molecule has 1 saturated heterocycles. The zero-order valence-corrected chi connectivity index (χ0v) is 15.1. The molecule has 7 heteroatoms. The lowest BCUT2D eigenvalue weighted by Crippen LogP contribution is -2.36. The van der Waals surface area contributed by atoms with Gasteiger partial charge in [-0.3, -0.25) is 9.78 Å². The summed E-state index contributed by atoms with van der Waals surface area (Å²) in [7, 11) is 0. The third-order valence-corrected chi connectivity index (χ3v) is 5.77. The Kier molecular flexibility index (Phi) is 4.04. The van der Waals surface area contributed by atoms with Gasteiger partial charge in [-0.2, -0.15) is 0 Å². The average molecular weight is 365 g/mol. The van der Waals surface area contributed by atoms with Crippen molar-refractivity contribution in [3.63, 3.8) is 0 Å². The van der Waals surface area contributed by atoms with Crippen molar-refractivity contribution in [1.29, 1.82) is 0 Å². The number of hydrogen-bond acceptors (Lipinski definition) is 6. The number of β-amino-alcohol motifs (C(OH)–C–C–N with tert-alkyl or cyclic N) is 1. The Balaban J connectivity index is 1.45. The first-order valence-electron chi connectivity index (χ1n) is 9.70. The maximum Gasteiger partial charge on any atom is 0.270 e. The highest BCUT2D eigenvalue weighted by atomic mass is 16.3. The molecule has 140 valence electrons. The second kappa shape index (κ2) is 6.56. The number of amides is 1. The van der Waals surface area contributed by atoms with Crippen LogP contribution in [0.15, 0.2) is 24.5 Å². The summed E-state index contributed by atoms with van der Waals surface area (Å²) in [6.45, 7) is 1.89. The fourth-order valence-corrected chi connectivity index (χ4v) is 4.13. The zero-order valence-electron chi connectivity index (χ0n) is 15.1. The molecule has 1 amide bonds. The maximum absolute atomic E-state index is 12.3. The summed E-state index contributed by atoms with van der Waals surface area (Å²) in [4.78, 5) is 28.0. The van der Waals surface area contributed by atoms with Crippen LogP contribution in [0.3, 0.4) is 0 Å². The molecule has 0 unspecified atom stereocenters. The number of hydrogen-bond donors (Lipinski definition) is 2. The number of aromatic nitrogens is 3. The number of rotatable bonds is 4. The fourth-order valence-electron chi connectivity index (χ4n) is 4.13. The van der Waals surface area contributed by atoms with E-state index in [1.54, 1.807) is 12.4 Å². The van der Waals surface area contributed by atoms with Gasteiger partial charge >= 0.3 is 0 Å². The number of carbonyl (C=O) groups is 1. The third kappa shape index (κ3) is 3.16. The highest BCUT2D eigenvalue weighted by Gasteiger charge is 2.37. The van der Waals surface area contributed by atoms with Crippen molar-refractivity contribution in [2.24, 2.45) is 5.92 Å². The molecule has 0 spiro atoms. The standard InChI is InChI=1S/C20H23N5O2/c26-16-11-25(10-14(16)9-12-3-6-21-7-4-12)19-15-5-8-22-20(27)17(15)23-18(24-19)13-1-2-13/h3-4,6-7,13-14,16,26H,1-2,5,8-11H2,(H,22,27)/t14-,16+/m1/s1. The van der Waals surface area contributed by atoms with Crippen LogP contribution >= 0.6 is 0 Å². The van der Waals surface area contributed by atoms with Crippen molar-refractivity contribution >= 4 is 11.7 Å². The maximum atomic E-state index is 12.3. The van der Waals surface area contributed by atoms with Gasteiger partial charge in [-0.1, -0.05) is 0 Å². The summed E-state index contributed by atoms with van der Waals surface area (Å²) >= 11 is 0. The number of fused-ring (bicyclic) bond motifs is 1. The van der Waals surface area contributed by atoms with E-state index in [9.17, 15) is 9.90 Å². The highest BCUT2D eigenvalue weighted by Crippen LogP contribution is 2.40. The second-order valence-electron chi connectivity index (χ2n) is 7.80. The van der Waals surface area contributed by atoms with E-state index in [1.807, 2.05) is 12.1 Å². The molecule has 2 atom stereocenters. The molecular formula is C20H23N5O2. The van der Waals surface area contributed by atoms with Crippen LogP contribution in [0.1, 0.15) is 46.2 Å². The van der Waals surface area contributed by atoms with Crippen molar-refractivity contribution in [2.75, 3.05) is 24.5 Å². The van der Waals surface area contributed by atoms with Crippen molar-refractivity contribution in [2.45, 2.75) is 37.7 Å². The Morgan fingerprint density at radius 1 is 1.19 bits per heavy atom. The third-order valence-electron chi connectivity index (χ3n) is 5.77. The molecule has 1 saturated carbocycles. The van der Waals surface area contributed by atoms with Gasteiger partial charge in [-0.15, -0.1) is 0 Å². The second-order valence-corrected chi connectivity index (χ2v) is 7.80. The first-order valence-corrected chi connectivity index (χ1v) is 9.70. The van der Waals surface area contributed by atoms with E-state index in [1.165, 1.54) is 5.56 Å². The molecule has 5 rings (SSSR count). The molecule has 27 heavy (non-hydrogen) atoms. The molecule has 0 bridgehead atoms. The molecule has 2 aromatic rings. The minimum absolute atomic E-state index is 0.102. The topological polar surface area (TPSA) is 91.2 Å². The quantitative estimate of drug-likeness (QED) is 0.842. The summed E-state index contributed by atoms with van der Waals surface area (Å²) in [6.07, 6.45) is 6.89. The molecule has 2 aliphatic heterocycles. The fraction of sp³-hybridized carbons (Fsp3) is 0.500. The summed E-state index contributed by atoms with van der Waals surface area (Å²) in [5.74, 6) is 2.06. The predicted molar refractivity (Wildman–Crippen MR) is 99.7 cm³/mol. The molecule has 1 aliphatic carbocycles. The SMILES string of the molecule is O=C1NCCc2c1nc(C1CC1)nc2N1C[C@@H](Cc2ccncc2)[C@@H](O)C1. The molecule has 2 N–H and O–H groups in total. The number of anilines is 1. The minimum Gasteiger partial charge on any atom is -0.391 e. The molecule has 2 fully saturated rings. The summed E-state index contributed by atoms with van der Waals surface area (Å²) < 4.78 is 0. The van der Waals surface area contributed by atoms with Crippen LogP contribution in [0.25, 0.3) is 0 Å². The van der Waals surface area contributed by atoms with Gasteiger partial charge in [0.1, 0.15) is 17.3 Å². The molecule has 7 nitrogen and oxygen atoms in total. The molecule has 3 aliphatic rings. The Labute approximate surface area is 157 Å². The van der Waals surface area contributed by atoms with Crippen molar-refractivity contribution in [3.05, 3.63) is 47.2 Å². The Morgan fingerprint density at radius 3 is 2.78 bits per heavy atom. The first-order chi connectivity index (χ1) is 13.2. The normalized spacial score (nSPS) is 24.6. The predicted octanol–water partition coefficient (Wildman–Crippen LogP) is 1.07. The monoisotopic (exact) mass is 365 g/mol. The molecule has 0 aromatic carbocycles. The van der Waals surface area contributed by atoms with Crippen LogP contribution in [0.5, 0.6) is 0 Å². The van der Waals surface area contributed by atoms with Crippen LogP contribution in [0.4, 0.5) is 5.82 Å². The van der Waals surface area contributed by atoms with Crippen LogP contribution in [-0.4, -0.2) is 51.7 Å². The number of nitrogens with zero attached hydrogens (tertiary/aromatic N) is 4. The number of aliphatic hydroxyl groups is 1. The lowest BCUT2D eigenvalue weighted by molar-refractivity contribution is 0.0940. The molecule has 2 aromatic heterocycles. The first kappa shape index (κ1) is 16.6. The van der Waals surface area contributed by atoms with Crippen LogP contribution < -0.4 is 10.2 Å². The van der Waals surface area contributed by atoms with Gasteiger partial charge in [0.2, 0.25) is 0 Å². The number of aliphatic hydroxyl groups excluding tert-OH is 1. The van der Waals surface area contributed by atoms with Gasteiger partial charge in [-0.25, -0.2) is 9.97 Å². The molecule has 4 heterocycles. The Morgan fingerprint density at radius 2 is 2.00 bits per heavy atom. The minimum atomic E-state index is -0.412. The number of carbonyl (C=O) groups excluding carboxylic acids is 1. The van der Waals surface area contributed by atoms with Crippen molar-refractivity contribution in [1.82, 2.24) is 20.3 Å². The van der Waals surface area contributed by atoms with E-state index < -0.39 is 6.10 Å². The van der Waals surface area contributed by atoms with Gasteiger partial charge in [0, 0.05) is 49.4 Å². The van der Waals surface area contributed by atoms with Gasteiger partial charge in [-0.05, 0) is 43.4 Å². The van der Waals surface area contributed by atoms with Gasteiger partial charge in [0.05, 0.1) is 6.10 Å². The van der Waals surface area contributed by atoms with Gasteiger partial charge in [0.15, 0.2) is 0 Å². The molecular weight excluding hydrogens is 342 g/mol. The number of pyridine rings is 1. The van der Waals surface area contributed by atoms with E-state index in [0.717, 1.165) is 49.4 Å². The van der Waals surface area contributed by atoms with Crippen molar-refractivity contribution in [3.8, 4) is 0 Å². The summed E-state index contributed by atoms with van der Waals surface area (Å²) in [5, 5.41) is 13.5. The van der Waals surface area contributed by atoms with E-state index in [0.29, 0.717) is 24.7 Å². The van der Waals surface area contributed by atoms with Crippen LogP contribution in [0, 0.1) is 5.92 Å². The Bertz CT molecular complexity index is 868. The average Bonchev–Trinajstić information content (AvgIpc) is 3.47. The van der Waals surface area contributed by atoms with Crippen molar-refractivity contribution < 1.29 is 9.90 Å². The zero-order chi connectivity index (χ0) is 18.4. The van der Waals surface area contributed by atoms with E-state index in [-0.39, 0.29) is 11.8 Å². The highest BCUT2D eigenvalue weighted by molar-refractivity contribution is 5.96. The van der Waals surface area contributed by atoms with E-state index >= 15 is 0 Å². The van der Waals surface area contributed by atoms with Crippen LogP contribution in [0.2, 0.25) is 0 Å².